The van der Waals surface area contributed by atoms with Crippen LogP contribution in [0.4, 0.5) is 0 Å². The van der Waals surface area contributed by atoms with Crippen LogP contribution in [0.15, 0.2) is 24.3 Å². The maximum atomic E-state index is 11.9. The molecule has 6 nitrogen and oxygen atoms in total. The van der Waals surface area contributed by atoms with Gasteiger partial charge in [-0.15, -0.1) is 0 Å². The predicted octanol–water partition coefficient (Wildman–Crippen LogP) is 1.25. The van der Waals surface area contributed by atoms with E-state index in [4.69, 9.17) is 4.74 Å². The van der Waals surface area contributed by atoms with Gasteiger partial charge >= 0.3 is 5.97 Å². The maximum absolute atomic E-state index is 11.9. The number of esters is 1. The molecule has 0 unspecified atom stereocenters. The first-order valence-corrected chi connectivity index (χ1v) is 6.40. The molecule has 0 saturated carbocycles. The molecule has 6 heteroatoms. The van der Waals surface area contributed by atoms with Gasteiger partial charge in [-0.3, -0.25) is 14.4 Å². The lowest BCUT2D eigenvalue weighted by molar-refractivity contribution is -0.150. The molecule has 1 aromatic carbocycles. The lowest BCUT2D eigenvalue weighted by Crippen LogP contribution is -2.39. The number of hydrogen-bond donors (Lipinski definition) is 1. The Balaban J connectivity index is 3.28. The summed E-state index contributed by atoms with van der Waals surface area (Å²) in [5.41, 5.74) is 0.593. The molecular formula is C15H19NO5. The molecule has 114 valence electrons. The molecule has 0 aliphatic rings. The van der Waals surface area contributed by atoms with E-state index in [2.05, 4.69) is 10.1 Å². The van der Waals surface area contributed by atoms with E-state index in [1.165, 1.54) is 28.1 Å². The average Bonchev–Trinajstić information content (AvgIpc) is 2.45. The third kappa shape index (κ3) is 4.30. The van der Waals surface area contributed by atoms with Gasteiger partial charge in [-0.25, -0.2) is 0 Å². The first-order chi connectivity index (χ1) is 9.90. The van der Waals surface area contributed by atoms with Crippen molar-refractivity contribution in [3.05, 3.63) is 29.8 Å². The van der Waals surface area contributed by atoms with Crippen LogP contribution in [0.5, 0.6) is 5.75 Å². The van der Waals surface area contributed by atoms with E-state index in [0.29, 0.717) is 11.3 Å². The highest BCUT2D eigenvalue weighted by molar-refractivity contribution is 5.99. The van der Waals surface area contributed by atoms with Crippen molar-refractivity contribution in [2.75, 3.05) is 14.2 Å². The van der Waals surface area contributed by atoms with Crippen LogP contribution in [0.3, 0.4) is 0 Å². The average molecular weight is 293 g/mol. The van der Waals surface area contributed by atoms with Crippen molar-refractivity contribution >= 4 is 17.7 Å². The van der Waals surface area contributed by atoms with E-state index >= 15 is 0 Å². The number of hydrogen-bond acceptors (Lipinski definition) is 5. The topological polar surface area (TPSA) is 81.7 Å². The minimum Gasteiger partial charge on any atom is -0.497 e. The zero-order valence-corrected chi connectivity index (χ0v) is 12.5. The third-order valence-electron chi connectivity index (χ3n) is 3.04. The van der Waals surface area contributed by atoms with Crippen molar-refractivity contribution in [2.45, 2.75) is 19.9 Å². The Morgan fingerprint density at radius 2 is 1.81 bits per heavy atom. The molecule has 1 amide bonds. The summed E-state index contributed by atoms with van der Waals surface area (Å²) in [5, 5.41) is 2.63. The van der Waals surface area contributed by atoms with Crippen molar-refractivity contribution in [3.8, 4) is 5.75 Å². The second-order valence-corrected chi connectivity index (χ2v) is 4.57. The number of nitrogens with one attached hydrogen (secondary N) is 1. The molecule has 0 spiro atoms. The normalized spacial score (nSPS) is 13.0. The Kier molecular flexibility index (Phi) is 5.90. The Morgan fingerprint density at radius 1 is 1.14 bits per heavy atom. The molecule has 0 aliphatic carbocycles. The van der Waals surface area contributed by atoms with Crippen molar-refractivity contribution in [1.82, 2.24) is 5.32 Å². The molecule has 0 heterocycles. The zero-order valence-electron chi connectivity index (χ0n) is 12.5. The van der Waals surface area contributed by atoms with Crippen LogP contribution in [-0.2, 0) is 19.1 Å². The van der Waals surface area contributed by atoms with Gasteiger partial charge in [0.2, 0.25) is 5.91 Å². The number of Topliss-reactive ketones (excluding diaryl/α,β-unsaturated/α-hetero) is 1. The van der Waals surface area contributed by atoms with Crippen LogP contribution in [0.1, 0.15) is 25.5 Å². The maximum Gasteiger partial charge on any atom is 0.318 e. The smallest absolute Gasteiger partial charge is 0.318 e. The van der Waals surface area contributed by atoms with Gasteiger partial charge in [-0.05, 0) is 24.6 Å². The molecule has 0 fully saturated rings. The van der Waals surface area contributed by atoms with Crippen molar-refractivity contribution in [1.29, 1.82) is 0 Å². The second kappa shape index (κ2) is 7.42. The molecule has 21 heavy (non-hydrogen) atoms. The van der Waals surface area contributed by atoms with Crippen LogP contribution in [-0.4, -0.2) is 31.9 Å². The molecule has 1 N–H and O–H groups in total. The number of rotatable bonds is 6. The summed E-state index contributed by atoms with van der Waals surface area (Å²) in [6.07, 6.45) is 0. The van der Waals surface area contributed by atoms with Gasteiger partial charge in [-0.1, -0.05) is 12.1 Å². The number of carbonyl (C=O) groups is 3. The summed E-state index contributed by atoms with van der Waals surface area (Å²) in [5.74, 6) is -1.97. The Hall–Kier alpha value is -2.37. The van der Waals surface area contributed by atoms with E-state index in [9.17, 15) is 14.4 Å². The number of benzene rings is 1. The summed E-state index contributed by atoms with van der Waals surface area (Å²) in [6.45, 7) is 2.61. The SMILES string of the molecule is COC(=O)[C@@H](C(C)=O)[C@@H](NC(C)=O)c1cccc(OC)c1. The minimum atomic E-state index is -1.11. The van der Waals surface area contributed by atoms with Gasteiger partial charge in [0.1, 0.15) is 17.5 Å². The minimum absolute atomic E-state index is 0.349. The highest BCUT2D eigenvalue weighted by atomic mass is 16.5. The summed E-state index contributed by atoms with van der Waals surface area (Å²) >= 11 is 0. The number of methoxy groups -OCH3 is 2. The largest absolute Gasteiger partial charge is 0.497 e. The fourth-order valence-electron chi connectivity index (χ4n) is 2.08. The second-order valence-electron chi connectivity index (χ2n) is 4.57. The summed E-state index contributed by atoms with van der Waals surface area (Å²) in [6, 6.07) is 6.02. The van der Waals surface area contributed by atoms with Crippen LogP contribution >= 0.6 is 0 Å². The van der Waals surface area contributed by atoms with Gasteiger partial charge in [-0.2, -0.15) is 0 Å². The molecule has 1 rings (SSSR count). The lowest BCUT2D eigenvalue weighted by atomic mass is 9.89. The van der Waals surface area contributed by atoms with E-state index in [1.54, 1.807) is 24.3 Å². The zero-order chi connectivity index (χ0) is 16.0. The third-order valence-corrected chi connectivity index (χ3v) is 3.04. The predicted molar refractivity (Wildman–Crippen MR) is 75.7 cm³/mol. The molecule has 0 saturated heterocycles. The van der Waals surface area contributed by atoms with Crippen LogP contribution in [0.2, 0.25) is 0 Å². The van der Waals surface area contributed by atoms with Gasteiger partial charge in [0, 0.05) is 6.92 Å². The molecule has 2 atom stereocenters. The van der Waals surface area contributed by atoms with E-state index in [0.717, 1.165) is 0 Å². The number of carbonyl (C=O) groups excluding carboxylic acids is 3. The summed E-state index contributed by atoms with van der Waals surface area (Å²) < 4.78 is 9.80. The standard InChI is InChI=1S/C15H19NO5/c1-9(17)13(15(19)21-4)14(16-10(2)18)11-6-5-7-12(8-11)20-3/h5-8,13-14H,1-4H3,(H,16,18)/t13-,14-/m0/s1. The molecule has 0 aromatic heterocycles. The highest BCUT2D eigenvalue weighted by Gasteiger charge is 2.35. The van der Waals surface area contributed by atoms with Crippen LogP contribution in [0, 0.1) is 5.92 Å². The van der Waals surface area contributed by atoms with Gasteiger partial charge in [0.25, 0.3) is 0 Å². The number of amides is 1. The van der Waals surface area contributed by atoms with Gasteiger partial charge < -0.3 is 14.8 Å². The number of ether oxygens (including phenoxy) is 2. The quantitative estimate of drug-likeness (QED) is 0.630. The number of ketones is 1. The van der Waals surface area contributed by atoms with Gasteiger partial charge in [0.15, 0.2) is 0 Å². The van der Waals surface area contributed by atoms with Gasteiger partial charge in [0.05, 0.1) is 20.3 Å². The molecule has 0 aliphatic heterocycles. The van der Waals surface area contributed by atoms with Crippen molar-refractivity contribution in [3.63, 3.8) is 0 Å². The summed E-state index contributed by atoms with van der Waals surface area (Å²) in [7, 11) is 2.71. The molecule has 0 bridgehead atoms. The van der Waals surface area contributed by atoms with Crippen molar-refractivity contribution in [2.24, 2.45) is 5.92 Å². The molecular weight excluding hydrogens is 274 g/mol. The molecule has 0 radical (unpaired) electrons. The summed E-state index contributed by atoms with van der Waals surface area (Å²) in [4.78, 5) is 35.1. The van der Waals surface area contributed by atoms with Crippen molar-refractivity contribution < 1.29 is 23.9 Å². The van der Waals surface area contributed by atoms with E-state index in [1.807, 2.05) is 0 Å². The first kappa shape index (κ1) is 16.7. The van der Waals surface area contributed by atoms with Crippen LogP contribution < -0.4 is 10.1 Å². The Bertz CT molecular complexity index is 541. The fourth-order valence-corrected chi connectivity index (χ4v) is 2.08. The lowest BCUT2D eigenvalue weighted by Gasteiger charge is -2.24. The Labute approximate surface area is 123 Å². The van der Waals surface area contributed by atoms with E-state index < -0.39 is 17.9 Å². The van der Waals surface area contributed by atoms with E-state index in [-0.39, 0.29) is 11.7 Å². The molecule has 1 aromatic rings. The first-order valence-electron chi connectivity index (χ1n) is 6.40. The fraction of sp³-hybridized carbons (Fsp3) is 0.400. The van der Waals surface area contributed by atoms with Crippen LogP contribution in [0.25, 0.3) is 0 Å². The highest BCUT2D eigenvalue weighted by Crippen LogP contribution is 2.27. The Morgan fingerprint density at radius 3 is 2.29 bits per heavy atom. The monoisotopic (exact) mass is 293 g/mol.